The molecule has 0 aromatic heterocycles. The molecule has 1 heterocycles. The Morgan fingerprint density at radius 2 is 1.91 bits per heavy atom. The summed E-state index contributed by atoms with van der Waals surface area (Å²) in [5.74, 6) is 1.47. The summed E-state index contributed by atoms with van der Waals surface area (Å²) in [5.41, 5.74) is 0. The molecule has 1 saturated heterocycles. The van der Waals surface area contributed by atoms with Gasteiger partial charge in [-0.1, -0.05) is 21.6 Å². The van der Waals surface area contributed by atoms with Gasteiger partial charge in [0.15, 0.2) is 0 Å². The van der Waals surface area contributed by atoms with Gasteiger partial charge in [-0.3, -0.25) is 4.79 Å². The van der Waals surface area contributed by atoms with Gasteiger partial charge in [0.2, 0.25) is 5.91 Å². The first-order valence-electron chi connectivity index (χ1n) is 7.00. The Balaban J connectivity index is 2.35. The maximum Gasteiger partial charge on any atom is 0.405 e. The third-order valence-electron chi connectivity index (χ3n) is 3.06. The second kappa shape index (κ2) is 10.4. The number of hydrogen-bond acceptors (Lipinski definition) is 5. The fourth-order valence-corrected chi connectivity index (χ4v) is 4.40. The molecule has 22 heavy (non-hydrogen) atoms. The van der Waals surface area contributed by atoms with E-state index in [0.717, 1.165) is 17.9 Å². The van der Waals surface area contributed by atoms with Crippen LogP contribution in [0, 0.1) is 0 Å². The quantitative estimate of drug-likeness (QED) is 0.330. The Bertz CT molecular complexity index is 391. The number of carbonyl (C=O) groups excluding carboxylic acids is 1. The molecule has 2 atom stereocenters. The average Bonchev–Trinajstić information content (AvgIpc) is 2.46. The highest BCUT2D eigenvalue weighted by atomic mass is 33.1. The normalized spacial score (nSPS) is 19.0. The number of rotatable bonds is 8. The van der Waals surface area contributed by atoms with Crippen molar-refractivity contribution in [3.8, 4) is 0 Å². The van der Waals surface area contributed by atoms with Crippen molar-refractivity contribution in [1.82, 2.24) is 16.0 Å². The molecule has 0 aromatic rings. The minimum Gasteiger partial charge on any atom is -0.465 e. The predicted molar refractivity (Wildman–Crippen MR) is 86.3 cm³/mol. The molecular weight excluding hydrogens is 330 g/mol. The molecule has 1 fully saturated rings. The van der Waals surface area contributed by atoms with Crippen molar-refractivity contribution in [2.75, 3.05) is 18.1 Å². The minimum absolute atomic E-state index is 0.0746. The van der Waals surface area contributed by atoms with Crippen molar-refractivity contribution < 1.29 is 24.6 Å². The molecule has 1 aliphatic rings. The van der Waals surface area contributed by atoms with Gasteiger partial charge in [-0.25, -0.2) is 9.59 Å². The van der Waals surface area contributed by atoms with Gasteiger partial charge in [-0.2, -0.15) is 0 Å². The van der Waals surface area contributed by atoms with Gasteiger partial charge in [0.25, 0.3) is 0 Å². The van der Waals surface area contributed by atoms with Gasteiger partial charge in [0.05, 0.1) is 0 Å². The van der Waals surface area contributed by atoms with Crippen LogP contribution in [-0.4, -0.2) is 58.4 Å². The van der Waals surface area contributed by atoms with Gasteiger partial charge in [0, 0.05) is 24.1 Å². The maximum absolute atomic E-state index is 12.2. The molecule has 0 radical (unpaired) electrons. The summed E-state index contributed by atoms with van der Waals surface area (Å²) < 4.78 is 0. The van der Waals surface area contributed by atoms with Crippen LogP contribution in [0.3, 0.4) is 0 Å². The smallest absolute Gasteiger partial charge is 0.405 e. The van der Waals surface area contributed by atoms with Crippen LogP contribution in [0.1, 0.15) is 25.7 Å². The Morgan fingerprint density at radius 1 is 1.14 bits per heavy atom. The van der Waals surface area contributed by atoms with Crippen molar-refractivity contribution in [2.45, 2.75) is 37.8 Å². The van der Waals surface area contributed by atoms with E-state index in [1.165, 1.54) is 0 Å². The van der Waals surface area contributed by atoms with Crippen LogP contribution in [0.2, 0.25) is 0 Å². The molecule has 0 aromatic carbocycles. The van der Waals surface area contributed by atoms with E-state index < -0.39 is 18.2 Å². The molecule has 0 saturated carbocycles. The van der Waals surface area contributed by atoms with Gasteiger partial charge in [-0.15, -0.1) is 0 Å². The molecule has 8 nitrogen and oxygen atoms in total. The van der Waals surface area contributed by atoms with Crippen LogP contribution in [-0.2, 0) is 4.79 Å². The van der Waals surface area contributed by atoms with Crippen molar-refractivity contribution >= 4 is 39.7 Å². The lowest BCUT2D eigenvalue weighted by molar-refractivity contribution is -0.123. The Labute approximate surface area is 136 Å². The van der Waals surface area contributed by atoms with E-state index in [0.29, 0.717) is 19.3 Å². The summed E-state index contributed by atoms with van der Waals surface area (Å²) in [4.78, 5) is 33.3. The van der Waals surface area contributed by atoms with E-state index in [-0.39, 0.29) is 18.5 Å². The van der Waals surface area contributed by atoms with Gasteiger partial charge >= 0.3 is 12.2 Å². The zero-order chi connectivity index (χ0) is 16.4. The Kier molecular flexibility index (Phi) is 8.90. The number of carboxylic acid groups (broad SMARTS) is 2. The largest absolute Gasteiger partial charge is 0.465 e. The van der Waals surface area contributed by atoms with Crippen molar-refractivity contribution in [2.24, 2.45) is 0 Å². The summed E-state index contributed by atoms with van der Waals surface area (Å²) in [6.07, 6.45) is -0.0101. The third-order valence-corrected chi connectivity index (χ3v) is 5.57. The molecule has 10 heteroatoms. The molecule has 126 valence electrons. The number of amides is 3. The number of carbonyl (C=O) groups is 3. The van der Waals surface area contributed by atoms with Crippen LogP contribution < -0.4 is 16.0 Å². The van der Waals surface area contributed by atoms with Crippen molar-refractivity contribution in [3.05, 3.63) is 0 Å². The van der Waals surface area contributed by atoms with E-state index in [4.69, 9.17) is 10.2 Å². The molecule has 0 aliphatic carbocycles. The van der Waals surface area contributed by atoms with Gasteiger partial charge in [-0.05, 0) is 25.7 Å². The van der Waals surface area contributed by atoms with Crippen LogP contribution in [0.4, 0.5) is 9.59 Å². The summed E-state index contributed by atoms with van der Waals surface area (Å²) in [5, 5.41) is 24.6. The highest BCUT2D eigenvalue weighted by Gasteiger charge is 2.24. The first-order chi connectivity index (χ1) is 10.5. The van der Waals surface area contributed by atoms with Crippen molar-refractivity contribution in [3.63, 3.8) is 0 Å². The van der Waals surface area contributed by atoms with E-state index in [1.807, 2.05) is 0 Å². The lowest BCUT2D eigenvalue weighted by Gasteiger charge is -2.24. The number of hydrogen-bond donors (Lipinski definition) is 5. The summed E-state index contributed by atoms with van der Waals surface area (Å²) in [7, 11) is 3.47. The zero-order valence-corrected chi connectivity index (χ0v) is 13.7. The Morgan fingerprint density at radius 3 is 2.50 bits per heavy atom. The first-order valence-corrected chi connectivity index (χ1v) is 9.49. The van der Waals surface area contributed by atoms with Gasteiger partial charge < -0.3 is 26.2 Å². The van der Waals surface area contributed by atoms with E-state index in [1.54, 1.807) is 21.6 Å². The molecule has 0 spiro atoms. The predicted octanol–water partition coefficient (Wildman–Crippen LogP) is 1.33. The molecule has 5 N–H and O–H groups in total. The van der Waals surface area contributed by atoms with Crippen LogP contribution in [0.5, 0.6) is 0 Å². The van der Waals surface area contributed by atoms with Crippen LogP contribution in [0.25, 0.3) is 0 Å². The second-order valence-electron chi connectivity index (χ2n) is 4.83. The standard InChI is InChI=1S/C12H21N3O5S2/c16-10(14-8-4-6-21-22-7-8)9(15-12(19)20)3-1-2-5-13-11(17)18/h8-9,13,15H,1-7H2,(H,14,16)(H,17,18)(H,19,20). The van der Waals surface area contributed by atoms with E-state index in [9.17, 15) is 14.4 Å². The molecular formula is C12H21N3O5S2. The monoisotopic (exact) mass is 351 g/mol. The summed E-state index contributed by atoms with van der Waals surface area (Å²) >= 11 is 0. The van der Waals surface area contributed by atoms with Crippen molar-refractivity contribution in [1.29, 1.82) is 0 Å². The van der Waals surface area contributed by atoms with Gasteiger partial charge in [0.1, 0.15) is 6.04 Å². The fraction of sp³-hybridized carbons (Fsp3) is 0.750. The summed E-state index contributed by atoms with van der Waals surface area (Å²) in [6.45, 7) is 0.285. The lowest BCUT2D eigenvalue weighted by atomic mass is 10.1. The summed E-state index contributed by atoms with van der Waals surface area (Å²) in [6, 6.07) is -0.729. The Hall–Kier alpha value is -1.29. The average molecular weight is 351 g/mol. The van der Waals surface area contributed by atoms with E-state index >= 15 is 0 Å². The molecule has 1 rings (SSSR count). The number of nitrogens with one attached hydrogen (secondary N) is 3. The second-order valence-corrected chi connectivity index (χ2v) is 7.46. The van der Waals surface area contributed by atoms with Crippen LogP contribution >= 0.6 is 21.6 Å². The topological polar surface area (TPSA) is 128 Å². The zero-order valence-electron chi connectivity index (χ0n) is 12.0. The maximum atomic E-state index is 12.2. The SMILES string of the molecule is O=C(O)NCCCCC(NC(=O)O)C(=O)NC1CCSSC1. The number of unbranched alkanes of at least 4 members (excludes halogenated alkanes) is 1. The van der Waals surface area contributed by atoms with E-state index in [2.05, 4.69) is 16.0 Å². The van der Waals surface area contributed by atoms with Crippen LogP contribution in [0.15, 0.2) is 0 Å². The third kappa shape index (κ3) is 8.23. The highest BCUT2D eigenvalue weighted by Crippen LogP contribution is 2.29. The lowest BCUT2D eigenvalue weighted by Crippen LogP contribution is -2.50. The highest BCUT2D eigenvalue weighted by molar-refractivity contribution is 8.76. The molecule has 2 unspecified atom stereocenters. The molecule has 3 amide bonds. The first kappa shape index (κ1) is 18.8. The fourth-order valence-electron chi connectivity index (χ4n) is 1.97. The molecule has 0 bridgehead atoms. The molecule has 1 aliphatic heterocycles. The minimum atomic E-state index is -1.24.